The van der Waals surface area contributed by atoms with Crippen LogP contribution in [-0.2, 0) is 16.0 Å². The van der Waals surface area contributed by atoms with Gasteiger partial charge in [-0.05, 0) is 42.4 Å². The Morgan fingerprint density at radius 2 is 1.71 bits per heavy atom. The number of likely N-dealkylation sites (tertiary alicyclic amines) is 1. The first-order valence-electron chi connectivity index (χ1n) is 9.16. The van der Waals surface area contributed by atoms with E-state index >= 15 is 0 Å². The van der Waals surface area contributed by atoms with Gasteiger partial charge in [-0.1, -0.05) is 32.9 Å². The topological polar surface area (TPSA) is 40.6 Å². The molecule has 0 radical (unpaired) electrons. The van der Waals surface area contributed by atoms with E-state index in [9.17, 15) is 9.59 Å². The van der Waals surface area contributed by atoms with Gasteiger partial charge in [0, 0.05) is 31.7 Å². The molecule has 2 saturated heterocycles. The van der Waals surface area contributed by atoms with Crippen LogP contribution in [0, 0.1) is 17.8 Å². The average Bonchev–Trinajstić information content (AvgIpc) is 2.95. The smallest absolute Gasteiger partial charge is 0.228 e. The molecule has 2 aliphatic heterocycles. The van der Waals surface area contributed by atoms with E-state index in [1.807, 2.05) is 17.0 Å². The molecule has 3 rings (SSSR count). The molecule has 3 unspecified atom stereocenters. The monoisotopic (exact) mass is 328 g/mol. The zero-order chi connectivity index (χ0) is 17.3. The summed E-state index contributed by atoms with van der Waals surface area (Å²) in [6.07, 6.45) is 2.51. The van der Waals surface area contributed by atoms with Crippen LogP contribution in [0.15, 0.2) is 24.3 Å². The fraction of sp³-hybridized carbons (Fsp3) is 0.600. The van der Waals surface area contributed by atoms with Gasteiger partial charge in [-0.3, -0.25) is 9.59 Å². The Hall–Kier alpha value is -1.84. The van der Waals surface area contributed by atoms with Gasteiger partial charge in [0.2, 0.25) is 11.8 Å². The molecule has 4 nitrogen and oxygen atoms in total. The highest BCUT2D eigenvalue weighted by molar-refractivity contribution is 6.00. The van der Waals surface area contributed by atoms with Crippen LogP contribution in [0.2, 0.25) is 0 Å². The summed E-state index contributed by atoms with van der Waals surface area (Å²) in [6.45, 7) is 8.71. The van der Waals surface area contributed by atoms with Gasteiger partial charge in [0.1, 0.15) is 0 Å². The maximum absolute atomic E-state index is 12.9. The summed E-state index contributed by atoms with van der Waals surface area (Å²) in [4.78, 5) is 29.0. The van der Waals surface area contributed by atoms with Crippen LogP contribution in [0.4, 0.5) is 5.69 Å². The number of carbonyl (C=O) groups excluding carboxylic acids is 2. The number of amides is 2. The lowest BCUT2D eigenvalue weighted by Crippen LogP contribution is -2.45. The Kier molecular flexibility index (Phi) is 4.93. The first-order valence-corrected chi connectivity index (χ1v) is 9.16. The number of carbonyl (C=O) groups is 2. The van der Waals surface area contributed by atoms with Crippen LogP contribution in [0.3, 0.4) is 0 Å². The van der Waals surface area contributed by atoms with Crippen LogP contribution in [0.25, 0.3) is 0 Å². The molecule has 0 saturated carbocycles. The highest BCUT2D eigenvalue weighted by Crippen LogP contribution is 2.29. The molecule has 1 aromatic rings. The SMILES string of the molecule is CCc1ccc(N2CC(C(=O)N3CC(C)CC(C)C3)CC2=O)cc1. The standard InChI is InChI=1S/C20H28N2O2/c1-4-16-5-7-18(8-6-16)22-13-17(10-19(22)23)20(24)21-11-14(2)9-15(3)12-21/h5-8,14-15,17H,4,9-13H2,1-3H3. The van der Waals surface area contributed by atoms with Gasteiger partial charge in [-0.2, -0.15) is 0 Å². The van der Waals surface area contributed by atoms with Crippen LogP contribution in [0.1, 0.15) is 39.2 Å². The van der Waals surface area contributed by atoms with E-state index in [0.29, 0.717) is 24.8 Å². The number of benzene rings is 1. The molecule has 2 heterocycles. The summed E-state index contributed by atoms with van der Waals surface area (Å²) >= 11 is 0. The van der Waals surface area contributed by atoms with Gasteiger partial charge < -0.3 is 9.80 Å². The predicted molar refractivity (Wildman–Crippen MR) is 95.8 cm³/mol. The minimum atomic E-state index is -0.194. The van der Waals surface area contributed by atoms with Crippen LogP contribution in [0.5, 0.6) is 0 Å². The zero-order valence-electron chi connectivity index (χ0n) is 15.0. The van der Waals surface area contributed by atoms with Crippen molar-refractivity contribution in [1.29, 1.82) is 0 Å². The molecule has 2 aliphatic rings. The molecular weight excluding hydrogens is 300 g/mol. The maximum Gasteiger partial charge on any atom is 0.228 e. The molecule has 24 heavy (non-hydrogen) atoms. The Labute approximate surface area is 144 Å². The molecular formula is C20H28N2O2. The number of aryl methyl sites for hydroxylation is 1. The van der Waals surface area contributed by atoms with Gasteiger partial charge in [0.25, 0.3) is 0 Å². The molecule has 0 spiro atoms. The normalized spacial score (nSPS) is 27.6. The third-order valence-electron chi connectivity index (χ3n) is 5.31. The van der Waals surface area contributed by atoms with Crippen molar-refractivity contribution in [3.63, 3.8) is 0 Å². The fourth-order valence-electron chi connectivity index (χ4n) is 4.14. The van der Waals surface area contributed by atoms with E-state index in [4.69, 9.17) is 0 Å². The van der Waals surface area contributed by atoms with E-state index in [-0.39, 0.29) is 17.7 Å². The number of nitrogens with zero attached hydrogens (tertiary/aromatic N) is 2. The predicted octanol–water partition coefficient (Wildman–Crippen LogP) is 3.11. The van der Waals surface area contributed by atoms with Crippen molar-refractivity contribution < 1.29 is 9.59 Å². The molecule has 1 aromatic carbocycles. The van der Waals surface area contributed by atoms with E-state index in [2.05, 4.69) is 32.9 Å². The molecule has 2 amide bonds. The second-order valence-electron chi connectivity index (χ2n) is 7.61. The summed E-state index contributed by atoms with van der Waals surface area (Å²) in [6, 6.07) is 8.11. The minimum Gasteiger partial charge on any atom is -0.342 e. The van der Waals surface area contributed by atoms with E-state index in [1.165, 1.54) is 12.0 Å². The molecule has 0 N–H and O–H groups in total. The maximum atomic E-state index is 12.9. The van der Waals surface area contributed by atoms with Gasteiger partial charge in [-0.25, -0.2) is 0 Å². The second-order valence-corrected chi connectivity index (χ2v) is 7.61. The van der Waals surface area contributed by atoms with Crippen LogP contribution < -0.4 is 4.90 Å². The fourth-order valence-corrected chi connectivity index (χ4v) is 4.14. The summed E-state index contributed by atoms with van der Waals surface area (Å²) in [5.41, 5.74) is 2.17. The lowest BCUT2D eigenvalue weighted by atomic mass is 9.91. The zero-order valence-corrected chi connectivity index (χ0v) is 15.0. The number of anilines is 1. The molecule has 3 atom stereocenters. The molecule has 0 bridgehead atoms. The van der Waals surface area contributed by atoms with Crippen molar-refractivity contribution in [3.05, 3.63) is 29.8 Å². The third-order valence-corrected chi connectivity index (χ3v) is 5.31. The summed E-state index contributed by atoms with van der Waals surface area (Å²) in [5.74, 6) is 1.13. The molecule has 2 fully saturated rings. The number of rotatable bonds is 3. The Bertz CT molecular complexity index is 601. The van der Waals surface area contributed by atoms with Gasteiger partial charge in [-0.15, -0.1) is 0 Å². The van der Waals surface area contributed by atoms with Gasteiger partial charge in [0.05, 0.1) is 5.92 Å². The highest BCUT2D eigenvalue weighted by atomic mass is 16.2. The molecule has 0 aliphatic carbocycles. The number of piperidine rings is 1. The number of hydrogen-bond acceptors (Lipinski definition) is 2. The second kappa shape index (κ2) is 6.96. The quantitative estimate of drug-likeness (QED) is 0.855. The summed E-state index contributed by atoms with van der Waals surface area (Å²) in [5, 5.41) is 0. The van der Waals surface area contributed by atoms with Crippen LogP contribution >= 0.6 is 0 Å². The average molecular weight is 328 g/mol. The minimum absolute atomic E-state index is 0.0655. The Balaban J connectivity index is 1.68. The van der Waals surface area contributed by atoms with Gasteiger partial charge in [0.15, 0.2) is 0 Å². The van der Waals surface area contributed by atoms with Crippen molar-refractivity contribution in [1.82, 2.24) is 4.90 Å². The van der Waals surface area contributed by atoms with Crippen molar-refractivity contribution in [2.75, 3.05) is 24.5 Å². The summed E-state index contributed by atoms with van der Waals surface area (Å²) < 4.78 is 0. The van der Waals surface area contributed by atoms with Crippen molar-refractivity contribution in [2.24, 2.45) is 17.8 Å². The van der Waals surface area contributed by atoms with Gasteiger partial charge >= 0.3 is 0 Å². The van der Waals surface area contributed by atoms with Crippen LogP contribution in [-0.4, -0.2) is 36.3 Å². The Morgan fingerprint density at radius 1 is 1.08 bits per heavy atom. The first kappa shape index (κ1) is 17.0. The highest BCUT2D eigenvalue weighted by Gasteiger charge is 2.38. The molecule has 130 valence electrons. The van der Waals surface area contributed by atoms with Crippen molar-refractivity contribution in [2.45, 2.75) is 40.0 Å². The summed E-state index contributed by atoms with van der Waals surface area (Å²) in [7, 11) is 0. The lowest BCUT2D eigenvalue weighted by molar-refractivity contribution is -0.138. The number of hydrogen-bond donors (Lipinski definition) is 0. The first-order chi connectivity index (χ1) is 11.5. The lowest BCUT2D eigenvalue weighted by Gasteiger charge is -2.36. The third kappa shape index (κ3) is 3.47. The van der Waals surface area contributed by atoms with E-state index < -0.39 is 0 Å². The molecule has 0 aromatic heterocycles. The molecule has 4 heteroatoms. The van der Waals surface area contributed by atoms with E-state index in [0.717, 1.165) is 25.2 Å². The van der Waals surface area contributed by atoms with Crippen molar-refractivity contribution >= 4 is 17.5 Å². The van der Waals surface area contributed by atoms with E-state index in [1.54, 1.807) is 4.90 Å². The van der Waals surface area contributed by atoms with Crippen molar-refractivity contribution in [3.8, 4) is 0 Å². The largest absolute Gasteiger partial charge is 0.342 e. The Morgan fingerprint density at radius 3 is 2.29 bits per heavy atom.